The van der Waals surface area contributed by atoms with Crippen LogP contribution in [0.2, 0.25) is 0 Å². The third-order valence-corrected chi connectivity index (χ3v) is 7.93. The second kappa shape index (κ2) is 6.83. The van der Waals surface area contributed by atoms with E-state index in [9.17, 15) is 4.79 Å². The van der Waals surface area contributed by atoms with Crippen LogP contribution in [0.4, 0.5) is 0 Å². The summed E-state index contributed by atoms with van der Waals surface area (Å²) < 4.78 is 2.13. The molecule has 4 saturated carbocycles. The van der Waals surface area contributed by atoms with Gasteiger partial charge in [0.15, 0.2) is 5.13 Å². The lowest BCUT2D eigenvalue weighted by molar-refractivity contribution is -0.129. The first kappa shape index (κ1) is 18.1. The lowest BCUT2D eigenvalue weighted by Crippen LogP contribution is -2.47. The second-order valence-corrected chi connectivity index (χ2v) is 10.2. The Balaban J connectivity index is 1.24. The van der Waals surface area contributed by atoms with E-state index in [1.54, 1.807) is 17.6 Å². The maximum Gasteiger partial charge on any atom is 0.240 e. The summed E-state index contributed by atoms with van der Waals surface area (Å²) in [6.45, 7) is 4.13. The number of carbonyl (C=O) groups excluding carboxylic acids is 1. The summed E-state index contributed by atoms with van der Waals surface area (Å²) in [5.74, 6) is 2.70. The molecule has 4 fully saturated rings. The fraction of sp³-hybridized carbons (Fsp3) is 0.591. The van der Waals surface area contributed by atoms with Gasteiger partial charge in [0.05, 0.1) is 6.21 Å². The van der Waals surface area contributed by atoms with Crippen molar-refractivity contribution in [1.29, 1.82) is 0 Å². The van der Waals surface area contributed by atoms with Gasteiger partial charge in [0, 0.05) is 34.9 Å². The van der Waals surface area contributed by atoms with Gasteiger partial charge in [0.25, 0.3) is 0 Å². The molecule has 6 heteroatoms. The molecule has 4 aliphatic rings. The number of thiazole rings is 1. The van der Waals surface area contributed by atoms with Crippen molar-refractivity contribution in [1.82, 2.24) is 15.0 Å². The highest BCUT2D eigenvalue weighted by molar-refractivity contribution is 7.12. The number of aryl methyl sites for hydroxylation is 1. The van der Waals surface area contributed by atoms with Crippen LogP contribution in [0.3, 0.4) is 0 Å². The number of aromatic nitrogens is 2. The zero-order chi connectivity index (χ0) is 19.3. The average molecular weight is 397 g/mol. The van der Waals surface area contributed by atoms with Crippen molar-refractivity contribution >= 4 is 23.5 Å². The van der Waals surface area contributed by atoms with Crippen molar-refractivity contribution in [3.63, 3.8) is 0 Å². The lowest BCUT2D eigenvalue weighted by Gasteiger charge is -2.56. The Morgan fingerprint density at radius 1 is 1.29 bits per heavy atom. The van der Waals surface area contributed by atoms with Crippen LogP contribution in [-0.4, -0.2) is 21.7 Å². The van der Waals surface area contributed by atoms with Gasteiger partial charge in [-0.05, 0) is 81.6 Å². The Morgan fingerprint density at radius 2 is 1.96 bits per heavy atom. The average Bonchev–Trinajstić information content (AvgIpc) is 3.21. The summed E-state index contributed by atoms with van der Waals surface area (Å²) in [5.41, 5.74) is 6.29. The lowest BCUT2D eigenvalue weighted by atomic mass is 9.49. The van der Waals surface area contributed by atoms with Gasteiger partial charge in [0.1, 0.15) is 0 Å². The van der Waals surface area contributed by atoms with E-state index in [1.165, 1.54) is 38.5 Å². The van der Waals surface area contributed by atoms with Crippen LogP contribution in [0, 0.1) is 37.0 Å². The molecule has 2 aromatic heterocycles. The van der Waals surface area contributed by atoms with Gasteiger partial charge in [-0.15, -0.1) is 11.3 Å². The van der Waals surface area contributed by atoms with Gasteiger partial charge in [-0.1, -0.05) is 0 Å². The van der Waals surface area contributed by atoms with E-state index in [4.69, 9.17) is 0 Å². The molecule has 5 nitrogen and oxygen atoms in total. The Kier molecular flexibility index (Phi) is 4.42. The molecule has 6 rings (SSSR count). The monoisotopic (exact) mass is 396 g/mol. The van der Waals surface area contributed by atoms with Crippen molar-refractivity contribution < 1.29 is 4.79 Å². The fourth-order valence-electron chi connectivity index (χ4n) is 6.60. The zero-order valence-corrected chi connectivity index (χ0v) is 17.5. The number of nitrogens with zero attached hydrogens (tertiary/aromatic N) is 3. The van der Waals surface area contributed by atoms with Gasteiger partial charge in [-0.3, -0.25) is 9.36 Å². The maximum atomic E-state index is 12.6. The second-order valence-electron chi connectivity index (χ2n) is 9.36. The molecule has 1 amide bonds. The largest absolute Gasteiger partial charge is 0.294 e. The van der Waals surface area contributed by atoms with E-state index in [0.29, 0.717) is 6.42 Å². The minimum Gasteiger partial charge on any atom is -0.294 e. The van der Waals surface area contributed by atoms with Crippen LogP contribution in [0.25, 0.3) is 5.13 Å². The fourth-order valence-corrected chi connectivity index (χ4v) is 7.35. The van der Waals surface area contributed by atoms with Crippen LogP contribution < -0.4 is 5.43 Å². The zero-order valence-electron chi connectivity index (χ0n) is 16.6. The Hall–Kier alpha value is -1.95. The van der Waals surface area contributed by atoms with Gasteiger partial charge in [-0.25, -0.2) is 10.4 Å². The third-order valence-electron chi connectivity index (χ3n) is 7.17. The SMILES string of the molecule is Cc1cc(/C=N\NC(=O)CC23CC4CC(CC(C4)C2)C3)c(C)n1-c1nccs1. The molecule has 148 valence electrons. The van der Waals surface area contributed by atoms with Crippen molar-refractivity contribution in [3.05, 3.63) is 34.6 Å². The van der Waals surface area contributed by atoms with Gasteiger partial charge in [0.2, 0.25) is 5.91 Å². The number of rotatable bonds is 5. The minimum atomic E-state index is 0.0759. The van der Waals surface area contributed by atoms with E-state index < -0.39 is 0 Å². The molecule has 4 aliphatic carbocycles. The topological polar surface area (TPSA) is 59.3 Å². The van der Waals surface area contributed by atoms with Crippen LogP contribution >= 0.6 is 11.3 Å². The summed E-state index contributed by atoms with van der Waals surface area (Å²) in [5, 5.41) is 7.22. The summed E-state index contributed by atoms with van der Waals surface area (Å²) >= 11 is 1.61. The standard InChI is InChI=1S/C22H28N4OS/c1-14-5-19(15(2)26(14)21-23-3-4-28-21)13-24-25-20(27)12-22-9-16-6-17(10-22)8-18(7-16)11-22/h3-5,13,16-18H,6-12H2,1-2H3,(H,25,27)/b24-13-. The third kappa shape index (κ3) is 3.21. The number of hydrogen-bond donors (Lipinski definition) is 1. The van der Waals surface area contributed by atoms with E-state index in [2.05, 4.69) is 40.0 Å². The highest BCUT2D eigenvalue weighted by Crippen LogP contribution is 2.61. The summed E-state index contributed by atoms with van der Waals surface area (Å²) in [6.07, 6.45) is 12.2. The number of hydrogen-bond acceptors (Lipinski definition) is 4. The van der Waals surface area contributed by atoms with Crippen LogP contribution in [0.15, 0.2) is 22.7 Å². The predicted octanol–water partition coefficient (Wildman–Crippen LogP) is 4.61. The smallest absolute Gasteiger partial charge is 0.240 e. The van der Waals surface area contributed by atoms with Gasteiger partial charge in [-0.2, -0.15) is 5.10 Å². The summed E-state index contributed by atoms with van der Waals surface area (Å²) in [7, 11) is 0. The molecular formula is C22H28N4OS. The van der Waals surface area contributed by atoms with Crippen molar-refractivity contribution in [2.24, 2.45) is 28.3 Å². The first-order valence-corrected chi connectivity index (χ1v) is 11.3. The number of hydrazone groups is 1. The van der Waals surface area contributed by atoms with E-state index in [-0.39, 0.29) is 11.3 Å². The van der Waals surface area contributed by atoms with Crippen molar-refractivity contribution in [2.45, 2.75) is 58.8 Å². The van der Waals surface area contributed by atoms with Gasteiger partial charge < -0.3 is 0 Å². The first-order chi connectivity index (χ1) is 13.5. The molecule has 0 saturated heterocycles. The van der Waals surface area contributed by atoms with E-state index in [1.807, 2.05) is 11.6 Å². The maximum absolute atomic E-state index is 12.6. The Bertz CT molecular complexity index is 876. The molecule has 1 N–H and O–H groups in total. The Morgan fingerprint density at radius 3 is 2.57 bits per heavy atom. The van der Waals surface area contributed by atoms with Crippen LogP contribution in [0.5, 0.6) is 0 Å². The van der Waals surface area contributed by atoms with Crippen LogP contribution in [0.1, 0.15) is 61.9 Å². The first-order valence-electron chi connectivity index (χ1n) is 10.4. The molecule has 0 aromatic carbocycles. The van der Waals surface area contributed by atoms with Gasteiger partial charge >= 0.3 is 0 Å². The number of amides is 1. The predicted molar refractivity (Wildman–Crippen MR) is 112 cm³/mol. The molecule has 0 radical (unpaired) electrons. The molecule has 2 aromatic rings. The summed E-state index contributed by atoms with van der Waals surface area (Å²) in [6, 6.07) is 2.09. The number of carbonyl (C=O) groups is 1. The molecule has 28 heavy (non-hydrogen) atoms. The summed E-state index contributed by atoms with van der Waals surface area (Å²) in [4.78, 5) is 17.0. The molecule has 0 aliphatic heterocycles. The van der Waals surface area contributed by atoms with Crippen LogP contribution in [-0.2, 0) is 4.79 Å². The molecule has 0 unspecified atom stereocenters. The quantitative estimate of drug-likeness (QED) is 0.593. The normalized spacial score (nSPS) is 31.0. The minimum absolute atomic E-state index is 0.0759. The highest BCUT2D eigenvalue weighted by atomic mass is 32.1. The molecule has 0 spiro atoms. The molecule has 2 heterocycles. The molecule has 4 bridgehead atoms. The van der Waals surface area contributed by atoms with Crippen molar-refractivity contribution in [2.75, 3.05) is 0 Å². The van der Waals surface area contributed by atoms with Crippen molar-refractivity contribution in [3.8, 4) is 5.13 Å². The Labute approximate surface area is 170 Å². The molecular weight excluding hydrogens is 368 g/mol. The highest BCUT2D eigenvalue weighted by Gasteiger charge is 2.51. The molecule has 0 atom stereocenters. The van der Waals surface area contributed by atoms with E-state index >= 15 is 0 Å². The van der Waals surface area contributed by atoms with E-state index in [0.717, 1.165) is 39.8 Å². The number of nitrogens with one attached hydrogen (secondary N) is 1.